The van der Waals surface area contributed by atoms with Gasteiger partial charge in [0, 0.05) is 6.20 Å². The molecule has 0 saturated carbocycles. The number of methoxy groups -OCH3 is 1. The Bertz CT molecular complexity index is 316. The fourth-order valence-corrected chi connectivity index (χ4v) is 1.03. The second kappa shape index (κ2) is 5.31. The van der Waals surface area contributed by atoms with Crippen LogP contribution in [0.2, 0.25) is 0 Å². The first-order valence-corrected chi connectivity index (χ1v) is 4.55. The molecule has 1 rings (SSSR count). The lowest BCUT2D eigenvalue weighted by Gasteiger charge is -2.18. The van der Waals surface area contributed by atoms with Crippen molar-refractivity contribution in [2.45, 2.75) is 19.1 Å². The molecular weight excluding hydrogens is 196 g/mol. The summed E-state index contributed by atoms with van der Waals surface area (Å²) in [4.78, 5) is 15.0. The number of rotatable bonds is 4. The third kappa shape index (κ3) is 3.21. The molecule has 1 aromatic rings. The van der Waals surface area contributed by atoms with Crippen LogP contribution in [-0.4, -0.2) is 30.2 Å². The summed E-state index contributed by atoms with van der Waals surface area (Å²) in [6, 6.07) is 2.69. The number of pyridine rings is 1. The maximum atomic E-state index is 11.1. The fraction of sp³-hybridized carbons (Fsp3) is 0.400. The van der Waals surface area contributed by atoms with Gasteiger partial charge in [-0.05, 0) is 19.1 Å². The van der Waals surface area contributed by atoms with Crippen molar-refractivity contribution in [1.82, 2.24) is 4.98 Å². The first-order valence-electron chi connectivity index (χ1n) is 4.55. The lowest BCUT2D eigenvalue weighted by Crippen LogP contribution is -2.44. The summed E-state index contributed by atoms with van der Waals surface area (Å²) < 4.78 is 9.92. The van der Waals surface area contributed by atoms with Gasteiger partial charge in [-0.3, -0.25) is 9.78 Å². The molecule has 0 aromatic carbocycles. The van der Waals surface area contributed by atoms with E-state index in [1.165, 1.54) is 7.11 Å². The van der Waals surface area contributed by atoms with Gasteiger partial charge in [0.15, 0.2) is 0 Å². The molecule has 1 aromatic heterocycles. The Morgan fingerprint density at radius 1 is 1.60 bits per heavy atom. The van der Waals surface area contributed by atoms with E-state index in [0.717, 1.165) is 0 Å². The molecule has 5 nitrogen and oxygen atoms in total. The Kier molecular flexibility index (Phi) is 4.05. The van der Waals surface area contributed by atoms with Crippen molar-refractivity contribution in [3.8, 4) is 5.75 Å². The van der Waals surface area contributed by atoms with Crippen LogP contribution in [0.5, 0.6) is 5.75 Å². The number of carbonyl (C=O) groups excluding carboxylic acids is 1. The summed E-state index contributed by atoms with van der Waals surface area (Å²) in [6.45, 7) is 1.70. The van der Waals surface area contributed by atoms with Crippen LogP contribution in [0.4, 0.5) is 0 Å². The van der Waals surface area contributed by atoms with E-state index in [0.29, 0.717) is 5.75 Å². The van der Waals surface area contributed by atoms with E-state index < -0.39 is 18.1 Å². The van der Waals surface area contributed by atoms with E-state index in [4.69, 9.17) is 10.5 Å². The number of hydrogen-bond acceptors (Lipinski definition) is 5. The van der Waals surface area contributed by atoms with Crippen LogP contribution >= 0.6 is 0 Å². The Morgan fingerprint density at radius 2 is 2.33 bits per heavy atom. The van der Waals surface area contributed by atoms with Gasteiger partial charge < -0.3 is 15.2 Å². The fourth-order valence-electron chi connectivity index (χ4n) is 1.03. The lowest BCUT2D eigenvalue weighted by molar-refractivity contribution is -0.144. The highest BCUT2D eigenvalue weighted by molar-refractivity contribution is 5.76. The van der Waals surface area contributed by atoms with Crippen molar-refractivity contribution in [1.29, 1.82) is 0 Å². The molecule has 15 heavy (non-hydrogen) atoms. The summed E-state index contributed by atoms with van der Waals surface area (Å²) in [5, 5.41) is 0. The Hall–Kier alpha value is -1.62. The predicted molar refractivity (Wildman–Crippen MR) is 54.3 cm³/mol. The third-order valence-electron chi connectivity index (χ3n) is 1.94. The van der Waals surface area contributed by atoms with Crippen molar-refractivity contribution in [3.63, 3.8) is 0 Å². The zero-order valence-corrected chi connectivity index (χ0v) is 8.71. The SMILES string of the molecule is COC(=O)[C@@H](N)[C@@H](C)Oc1cccnc1. The highest BCUT2D eigenvalue weighted by atomic mass is 16.5. The molecule has 0 bridgehead atoms. The number of esters is 1. The van der Waals surface area contributed by atoms with E-state index in [2.05, 4.69) is 9.72 Å². The average molecular weight is 210 g/mol. The zero-order chi connectivity index (χ0) is 11.3. The van der Waals surface area contributed by atoms with Gasteiger partial charge in [-0.2, -0.15) is 0 Å². The molecule has 0 aliphatic heterocycles. The quantitative estimate of drug-likeness (QED) is 0.726. The second-order valence-corrected chi connectivity index (χ2v) is 3.06. The highest BCUT2D eigenvalue weighted by Gasteiger charge is 2.22. The molecule has 0 spiro atoms. The molecule has 2 atom stereocenters. The minimum Gasteiger partial charge on any atom is -0.487 e. The van der Waals surface area contributed by atoms with E-state index in [9.17, 15) is 4.79 Å². The van der Waals surface area contributed by atoms with Gasteiger partial charge in [-0.1, -0.05) is 0 Å². The van der Waals surface area contributed by atoms with Gasteiger partial charge in [0.05, 0.1) is 13.3 Å². The molecule has 2 N–H and O–H groups in total. The molecular formula is C10H14N2O3. The zero-order valence-electron chi connectivity index (χ0n) is 8.71. The van der Waals surface area contributed by atoms with Crippen LogP contribution in [0.1, 0.15) is 6.92 Å². The van der Waals surface area contributed by atoms with Crippen molar-refractivity contribution in [2.75, 3.05) is 7.11 Å². The van der Waals surface area contributed by atoms with Crippen LogP contribution < -0.4 is 10.5 Å². The van der Waals surface area contributed by atoms with Gasteiger partial charge >= 0.3 is 5.97 Å². The molecule has 5 heteroatoms. The largest absolute Gasteiger partial charge is 0.487 e. The molecule has 0 saturated heterocycles. The summed E-state index contributed by atoms with van der Waals surface area (Å²) >= 11 is 0. The molecule has 0 fully saturated rings. The van der Waals surface area contributed by atoms with Gasteiger partial charge in [-0.15, -0.1) is 0 Å². The Balaban J connectivity index is 2.56. The minimum absolute atomic E-state index is 0.457. The van der Waals surface area contributed by atoms with Crippen molar-refractivity contribution in [3.05, 3.63) is 24.5 Å². The number of aromatic nitrogens is 1. The van der Waals surface area contributed by atoms with Crippen molar-refractivity contribution >= 4 is 5.97 Å². The maximum Gasteiger partial charge on any atom is 0.326 e. The number of nitrogens with two attached hydrogens (primary N) is 1. The highest BCUT2D eigenvalue weighted by Crippen LogP contribution is 2.10. The maximum absolute atomic E-state index is 11.1. The normalized spacial score (nSPS) is 14.1. The minimum atomic E-state index is -0.796. The summed E-state index contributed by atoms with van der Waals surface area (Å²) in [6.07, 6.45) is 2.74. The topological polar surface area (TPSA) is 74.4 Å². The van der Waals surface area contributed by atoms with E-state index in [1.54, 1.807) is 31.5 Å². The molecule has 0 aliphatic carbocycles. The number of carbonyl (C=O) groups is 1. The third-order valence-corrected chi connectivity index (χ3v) is 1.94. The van der Waals surface area contributed by atoms with Crippen molar-refractivity contribution < 1.29 is 14.3 Å². The molecule has 0 aliphatic rings. The van der Waals surface area contributed by atoms with Crippen LogP contribution in [0.15, 0.2) is 24.5 Å². The van der Waals surface area contributed by atoms with E-state index in [-0.39, 0.29) is 0 Å². The summed E-state index contributed by atoms with van der Waals surface area (Å²) in [7, 11) is 1.29. The van der Waals surface area contributed by atoms with Gasteiger partial charge in [-0.25, -0.2) is 0 Å². The summed E-state index contributed by atoms with van der Waals surface area (Å²) in [5.74, 6) is 0.0794. The van der Waals surface area contributed by atoms with Crippen LogP contribution in [0.25, 0.3) is 0 Å². The van der Waals surface area contributed by atoms with Crippen LogP contribution in [0.3, 0.4) is 0 Å². The summed E-state index contributed by atoms with van der Waals surface area (Å²) in [5.41, 5.74) is 5.60. The van der Waals surface area contributed by atoms with Crippen LogP contribution in [-0.2, 0) is 9.53 Å². The lowest BCUT2D eigenvalue weighted by atomic mass is 10.2. The van der Waals surface area contributed by atoms with Gasteiger partial charge in [0.1, 0.15) is 17.9 Å². The Labute approximate surface area is 88.2 Å². The predicted octanol–water partition coefficient (Wildman–Crippen LogP) is 0.349. The number of nitrogens with zero attached hydrogens (tertiary/aromatic N) is 1. The first-order chi connectivity index (χ1) is 7.15. The van der Waals surface area contributed by atoms with Gasteiger partial charge in [0.2, 0.25) is 0 Å². The van der Waals surface area contributed by atoms with E-state index in [1.807, 2.05) is 0 Å². The van der Waals surface area contributed by atoms with Crippen molar-refractivity contribution in [2.24, 2.45) is 5.73 Å². The Morgan fingerprint density at radius 3 is 2.87 bits per heavy atom. The standard InChI is InChI=1S/C10H14N2O3/c1-7(9(11)10(13)14-2)15-8-4-3-5-12-6-8/h3-7,9H,11H2,1-2H3/t7-,9+/m1/s1. The van der Waals surface area contributed by atoms with Crippen LogP contribution in [0, 0.1) is 0 Å². The first kappa shape index (κ1) is 11.5. The molecule has 0 radical (unpaired) electrons. The second-order valence-electron chi connectivity index (χ2n) is 3.06. The molecule has 0 unspecified atom stereocenters. The number of hydrogen-bond donors (Lipinski definition) is 1. The molecule has 0 amide bonds. The smallest absolute Gasteiger partial charge is 0.326 e. The van der Waals surface area contributed by atoms with Gasteiger partial charge in [0.25, 0.3) is 0 Å². The van der Waals surface area contributed by atoms with E-state index >= 15 is 0 Å². The molecule has 1 heterocycles. The average Bonchev–Trinajstić information content (AvgIpc) is 2.28. The number of ether oxygens (including phenoxy) is 2. The molecule has 82 valence electrons. The monoisotopic (exact) mass is 210 g/mol.